The number of nitrogens with one attached hydrogen (secondary N) is 1. The maximum atomic E-state index is 12.1. The van der Waals surface area contributed by atoms with Crippen LogP contribution in [0.5, 0.6) is 5.75 Å². The highest BCUT2D eigenvalue weighted by molar-refractivity contribution is 6.34. The molecule has 1 amide bonds. The van der Waals surface area contributed by atoms with Gasteiger partial charge in [-0.2, -0.15) is 5.10 Å². The minimum absolute atomic E-state index is 0.360. The van der Waals surface area contributed by atoms with Crippen LogP contribution in [0.25, 0.3) is 0 Å². The summed E-state index contributed by atoms with van der Waals surface area (Å²) in [4.78, 5) is 12.1. The van der Waals surface area contributed by atoms with Crippen molar-refractivity contribution in [3.63, 3.8) is 0 Å². The van der Waals surface area contributed by atoms with E-state index in [0.717, 1.165) is 16.7 Å². The maximum Gasteiger partial charge on any atom is 0.272 e. The first-order valence-corrected chi connectivity index (χ1v) is 9.34. The molecule has 4 nitrogen and oxygen atoms in total. The van der Waals surface area contributed by atoms with Crippen LogP contribution >= 0.6 is 23.2 Å². The molecule has 0 saturated carbocycles. The predicted octanol–water partition coefficient (Wildman–Crippen LogP) is 5.64. The van der Waals surface area contributed by atoms with Crippen molar-refractivity contribution >= 4 is 35.3 Å². The fourth-order valence-electron chi connectivity index (χ4n) is 2.46. The Bertz CT molecular complexity index is 1000. The van der Waals surface area contributed by atoms with Gasteiger partial charge in [0.1, 0.15) is 12.4 Å². The summed E-state index contributed by atoms with van der Waals surface area (Å²) in [6.45, 7) is 2.30. The molecule has 0 unspecified atom stereocenters. The zero-order chi connectivity index (χ0) is 19.9. The Kier molecular flexibility index (Phi) is 6.69. The van der Waals surface area contributed by atoms with Crippen molar-refractivity contribution in [2.75, 3.05) is 0 Å². The molecule has 0 bridgehead atoms. The van der Waals surface area contributed by atoms with E-state index in [9.17, 15) is 4.79 Å². The Morgan fingerprint density at radius 3 is 2.50 bits per heavy atom. The lowest BCUT2D eigenvalue weighted by Crippen LogP contribution is -2.18. The number of amides is 1. The van der Waals surface area contributed by atoms with Gasteiger partial charge in [0, 0.05) is 10.6 Å². The van der Waals surface area contributed by atoms with Crippen LogP contribution < -0.4 is 10.2 Å². The number of carbonyl (C=O) groups excluding carboxylic acids is 1. The lowest BCUT2D eigenvalue weighted by atomic mass is 10.1. The quantitative estimate of drug-likeness (QED) is 0.420. The number of carbonyl (C=O) groups is 1. The Labute approximate surface area is 173 Å². The number of hydrazone groups is 1. The second kappa shape index (κ2) is 9.40. The SMILES string of the molecule is Cc1ccc(C(=O)NN=Cc2ccc(OCc3ccccc3Cl)cc2)c(Cl)c1. The first kappa shape index (κ1) is 19.9. The average Bonchev–Trinajstić information content (AvgIpc) is 2.68. The molecular weight excluding hydrogens is 395 g/mol. The largest absolute Gasteiger partial charge is 0.489 e. The first-order chi connectivity index (χ1) is 13.5. The van der Waals surface area contributed by atoms with Crippen molar-refractivity contribution in [1.82, 2.24) is 5.43 Å². The number of hydrogen-bond acceptors (Lipinski definition) is 3. The molecule has 142 valence electrons. The minimum Gasteiger partial charge on any atom is -0.489 e. The van der Waals surface area contributed by atoms with Crippen molar-refractivity contribution in [2.24, 2.45) is 5.10 Å². The van der Waals surface area contributed by atoms with E-state index < -0.39 is 0 Å². The summed E-state index contributed by atoms with van der Waals surface area (Å²) >= 11 is 12.2. The lowest BCUT2D eigenvalue weighted by molar-refractivity contribution is 0.0955. The summed E-state index contributed by atoms with van der Waals surface area (Å²) in [5, 5.41) is 5.05. The highest BCUT2D eigenvalue weighted by Gasteiger charge is 2.09. The van der Waals surface area contributed by atoms with Gasteiger partial charge in [-0.15, -0.1) is 0 Å². The molecule has 0 aliphatic rings. The molecule has 0 atom stereocenters. The fourth-order valence-corrected chi connectivity index (χ4v) is 2.97. The topological polar surface area (TPSA) is 50.7 Å². The molecule has 1 N–H and O–H groups in total. The third-order valence-electron chi connectivity index (χ3n) is 3.98. The molecular formula is C22H18Cl2N2O2. The summed E-state index contributed by atoms with van der Waals surface area (Å²) in [5.74, 6) is 0.355. The zero-order valence-electron chi connectivity index (χ0n) is 15.2. The highest BCUT2D eigenvalue weighted by Crippen LogP contribution is 2.19. The van der Waals surface area contributed by atoms with E-state index in [1.807, 2.05) is 61.5 Å². The monoisotopic (exact) mass is 412 g/mol. The summed E-state index contributed by atoms with van der Waals surface area (Å²) in [7, 11) is 0. The second-order valence-electron chi connectivity index (χ2n) is 6.13. The smallest absolute Gasteiger partial charge is 0.272 e. The lowest BCUT2D eigenvalue weighted by Gasteiger charge is -2.07. The standard InChI is InChI=1S/C22H18Cl2N2O2/c1-15-6-11-19(21(24)12-15)22(27)26-25-13-16-7-9-18(10-8-16)28-14-17-4-2-3-5-20(17)23/h2-13H,14H2,1H3,(H,26,27). The van der Waals surface area contributed by atoms with Gasteiger partial charge in [0.2, 0.25) is 0 Å². The van der Waals surface area contributed by atoms with Gasteiger partial charge >= 0.3 is 0 Å². The van der Waals surface area contributed by atoms with Crippen LogP contribution in [-0.2, 0) is 6.61 Å². The van der Waals surface area contributed by atoms with Gasteiger partial charge < -0.3 is 4.74 Å². The molecule has 0 aliphatic carbocycles. The number of ether oxygens (including phenoxy) is 1. The van der Waals surface area contributed by atoms with E-state index >= 15 is 0 Å². The van der Waals surface area contributed by atoms with Gasteiger partial charge in [-0.25, -0.2) is 5.43 Å². The molecule has 3 aromatic carbocycles. The Hall–Kier alpha value is -2.82. The van der Waals surface area contributed by atoms with Crippen LogP contribution in [0.3, 0.4) is 0 Å². The summed E-state index contributed by atoms with van der Waals surface area (Å²) < 4.78 is 5.74. The summed E-state index contributed by atoms with van der Waals surface area (Å²) in [6, 6.07) is 20.1. The predicted molar refractivity (Wildman–Crippen MR) is 113 cm³/mol. The Balaban J connectivity index is 1.55. The van der Waals surface area contributed by atoms with E-state index in [2.05, 4.69) is 10.5 Å². The van der Waals surface area contributed by atoms with Crippen molar-refractivity contribution in [3.8, 4) is 5.75 Å². The van der Waals surface area contributed by atoms with Crippen LogP contribution in [0, 0.1) is 6.92 Å². The third kappa shape index (κ3) is 5.35. The van der Waals surface area contributed by atoms with Crippen molar-refractivity contribution in [3.05, 3.63) is 99.0 Å². The van der Waals surface area contributed by atoms with Gasteiger partial charge in [0.05, 0.1) is 16.8 Å². The fraction of sp³-hybridized carbons (Fsp3) is 0.0909. The molecule has 0 aliphatic heterocycles. The molecule has 3 rings (SSSR count). The molecule has 0 spiro atoms. The van der Waals surface area contributed by atoms with Gasteiger partial charge in [-0.05, 0) is 60.5 Å². The maximum absolute atomic E-state index is 12.1. The summed E-state index contributed by atoms with van der Waals surface area (Å²) in [5.41, 5.74) is 5.59. The van der Waals surface area contributed by atoms with Gasteiger partial charge in [-0.3, -0.25) is 4.79 Å². The number of halogens is 2. The van der Waals surface area contributed by atoms with Gasteiger partial charge in [0.15, 0.2) is 0 Å². The van der Waals surface area contributed by atoms with Crippen molar-refractivity contribution in [1.29, 1.82) is 0 Å². The van der Waals surface area contributed by atoms with E-state index in [4.69, 9.17) is 27.9 Å². The van der Waals surface area contributed by atoms with Crippen LogP contribution in [0.15, 0.2) is 71.8 Å². The molecule has 0 fully saturated rings. The van der Waals surface area contributed by atoms with Crippen LogP contribution in [0.1, 0.15) is 27.0 Å². The Morgan fingerprint density at radius 2 is 1.79 bits per heavy atom. The molecule has 3 aromatic rings. The minimum atomic E-state index is -0.360. The van der Waals surface area contributed by atoms with Crippen LogP contribution in [-0.4, -0.2) is 12.1 Å². The summed E-state index contributed by atoms with van der Waals surface area (Å²) in [6.07, 6.45) is 1.55. The van der Waals surface area contributed by atoms with Crippen LogP contribution in [0.2, 0.25) is 10.0 Å². The highest BCUT2D eigenvalue weighted by atomic mass is 35.5. The zero-order valence-corrected chi connectivity index (χ0v) is 16.7. The molecule has 0 aromatic heterocycles. The number of benzene rings is 3. The van der Waals surface area contributed by atoms with E-state index in [0.29, 0.717) is 28.0 Å². The van der Waals surface area contributed by atoms with Gasteiger partial charge in [-0.1, -0.05) is 47.5 Å². The molecule has 0 radical (unpaired) electrons. The normalized spacial score (nSPS) is 10.8. The van der Waals surface area contributed by atoms with E-state index in [-0.39, 0.29) is 5.91 Å². The first-order valence-electron chi connectivity index (χ1n) is 8.59. The number of hydrogen-bond donors (Lipinski definition) is 1. The average molecular weight is 413 g/mol. The molecule has 28 heavy (non-hydrogen) atoms. The molecule has 0 heterocycles. The van der Waals surface area contributed by atoms with Crippen LogP contribution in [0.4, 0.5) is 0 Å². The van der Waals surface area contributed by atoms with E-state index in [1.54, 1.807) is 18.3 Å². The third-order valence-corrected chi connectivity index (χ3v) is 4.66. The number of nitrogens with zero attached hydrogens (tertiary/aromatic N) is 1. The molecule has 0 saturated heterocycles. The van der Waals surface area contributed by atoms with E-state index in [1.165, 1.54) is 0 Å². The van der Waals surface area contributed by atoms with Gasteiger partial charge in [0.25, 0.3) is 5.91 Å². The second-order valence-corrected chi connectivity index (χ2v) is 6.95. The van der Waals surface area contributed by atoms with Crippen molar-refractivity contribution < 1.29 is 9.53 Å². The number of aryl methyl sites for hydroxylation is 1. The molecule has 6 heteroatoms. The Morgan fingerprint density at radius 1 is 1.04 bits per heavy atom. The van der Waals surface area contributed by atoms with Crippen molar-refractivity contribution in [2.45, 2.75) is 13.5 Å². The number of rotatable bonds is 6.